The van der Waals surface area contributed by atoms with Crippen LogP contribution in [0.25, 0.3) is 0 Å². The summed E-state index contributed by atoms with van der Waals surface area (Å²) in [5.41, 5.74) is 0. The molecule has 0 aromatic carbocycles. The molecule has 0 saturated heterocycles. The second-order valence-electron chi connectivity index (χ2n) is 6.73. The number of nitrogens with zero attached hydrogens (tertiary/aromatic N) is 2. The fourth-order valence-electron chi connectivity index (χ4n) is 2.27. The van der Waals surface area contributed by atoms with E-state index in [1.54, 1.807) is 6.08 Å². The number of carbonyl (C=O) groups excluding carboxylic acids is 2. The van der Waals surface area contributed by atoms with Gasteiger partial charge in [-0.15, -0.1) is 0 Å². The van der Waals surface area contributed by atoms with Crippen LogP contribution in [-0.4, -0.2) is 42.5 Å². The first-order valence-corrected chi connectivity index (χ1v) is 8.53. The summed E-state index contributed by atoms with van der Waals surface area (Å²) < 4.78 is 9.03. The first-order chi connectivity index (χ1) is 12.5. The van der Waals surface area contributed by atoms with Crippen molar-refractivity contribution in [3.8, 4) is 0 Å². The normalized spacial score (nSPS) is 11.9. The van der Waals surface area contributed by atoms with E-state index < -0.39 is 40.2 Å². The van der Waals surface area contributed by atoms with Crippen molar-refractivity contribution in [2.45, 2.75) is 40.5 Å². The molecule has 10 heteroatoms. The van der Waals surface area contributed by atoms with E-state index in [4.69, 9.17) is 0 Å². The number of esters is 2. The van der Waals surface area contributed by atoms with Crippen molar-refractivity contribution in [3.05, 3.63) is 32.5 Å². The number of allylic oxidation sites excluding steroid dienone is 1. The molecule has 10 nitrogen and oxygen atoms in total. The molecule has 1 unspecified atom stereocenters. The van der Waals surface area contributed by atoms with Gasteiger partial charge in [-0.05, 0) is 30.8 Å². The molecule has 0 bridgehead atoms. The van der Waals surface area contributed by atoms with Gasteiger partial charge in [-0.25, -0.2) is 0 Å². The highest BCUT2D eigenvalue weighted by atomic mass is 16.6. The minimum atomic E-state index is -1.24. The average Bonchev–Trinajstić information content (AvgIpc) is 2.53. The molecule has 0 aromatic heterocycles. The Morgan fingerprint density at radius 3 is 1.74 bits per heavy atom. The van der Waals surface area contributed by atoms with Crippen LogP contribution in [0.1, 0.15) is 40.5 Å². The first-order valence-electron chi connectivity index (χ1n) is 8.53. The SMILES string of the molecule is CC(C)C/C=C/[N+](=O)[O-].COC(=O)C(C(=O)OC)C(CC(C)C)C[N+](=O)[O-]. The molecule has 0 fully saturated rings. The molecule has 0 aromatic rings. The summed E-state index contributed by atoms with van der Waals surface area (Å²) in [5.74, 6) is -2.94. The van der Waals surface area contributed by atoms with Gasteiger partial charge in [0, 0.05) is 10.8 Å². The van der Waals surface area contributed by atoms with Crippen molar-refractivity contribution >= 4 is 11.9 Å². The van der Waals surface area contributed by atoms with E-state index in [9.17, 15) is 29.8 Å². The Labute approximate surface area is 159 Å². The van der Waals surface area contributed by atoms with Crippen LogP contribution in [0.4, 0.5) is 0 Å². The van der Waals surface area contributed by atoms with Gasteiger partial charge in [-0.3, -0.25) is 29.8 Å². The van der Waals surface area contributed by atoms with Gasteiger partial charge in [-0.2, -0.15) is 0 Å². The van der Waals surface area contributed by atoms with Crippen molar-refractivity contribution in [1.29, 1.82) is 0 Å². The number of ether oxygens (including phenoxy) is 2. The average molecular weight is 390 g/mol. The number of hydrogen-bond acceptors (Lipinski definition) is 8. The molecule has 0 aliphatic carbocycles. The number of rotatable bonds is 10. The Kier molecular flexibility index (Phi) is 14.5. The zero-order valence-electron chi connectivity index (χ0n) is 16.7. The van der Waals surface area contributed by atoms with Crippen LogP contribution >= 0.6 is 0 Å². The quantitative estimate of drug-likeness (QED) is 0.240. The molecule has 0 saturated carbocycles. The molecule has 0 aliphatic rings. The van der Waals surface area contributed by atoms with Crippen molar-refractivity contribution in [3.63, 3.8) is 0 Å². The lowest BCUT2D eigenvalue weighted by atomic mass is 9.85. The van der Waals surface area contributed by atoms with Gasteiger partial charge in [0.05, 0.1) is 19.1 Å². The van der Waals surface area contributed by atoms with Crippen LogP contribution < -0.4 is 0 Å². The van der Waals surface area contributed by atoms with Crippen LogP contribution in [0.3, 0.4) is 0 Å². The minimum absolute atomic E-state index is 0.117. The van der Waals surface area contributed by atoms with E-state index >= 15 is 0 Å². The summed E-state index contributed by atoms with van der Waals surface area (Å²) in [6, 6.07) is 0. The molecule has 27 heavy (non-hydrogen) atoms. The molecule has 0 radical (unpaired) electrons. The third-order valence-corrected chi connectivity index (χ3v) is 3.37. The number of hydrogen-bond donors (Lipinski definition) is 0. The Morgan fingerprint density at radius 1 is 0.963 bits per heavy atom. The Morgan fingerprint density at radius 2 is 1.44 bits per heavy atom. The minimum Gasteiger partial charge on any atom is -0.468 e. The molecule has 0 N–H and O–H groups in total. The maximum Gasteiger partial charge on any atom is 0.320 e. The topological polar surface area (TPSA) is 139 Å². The predicted molar refractivity (Wildman–Crippen MR) is 97.9 cm³/mol. The van der Waals surface area contributed by atoms with E-state index in [-0.39, 0.29) is 5.92 Å². The van der Waals surface area contributed by atoms with Gasteiger partial charge in [0.1, 0.15) is 0 Å². The first kappa shape index (κ1) is 26.7. The second-order valence-corrected chi connectivity index (χ2v) is 6.73. The lowest BCUT2D eigenvalue weighted by Gasteiger charge is -2.21. The lowest BCUT2D eigenvalue weighted by molar-refractivity contribution is -0.489. The smallest absolute Gasteiger partial charge is 0.320 e. The van der Waals surface area contributed by atoms with Gasteiger partial charge in [0.25, 0.3) is 0 Å². The zero-order valence-corrected chi connectivity index (χ0v) is 16.7. The molecular formula is C17H30N2O8. The van der Waals surface area contributed by atoms with E-state index in [1.807, 2.05) is 27.7 Å². The summed E-state index contributed by atoms with van der Waals surface area (Å²) in [4.78, 5) is 42.5. The zero-order chi connectivity index (χ0) is 21.6. The monoisotopic (exact) mass is 390 g/mol. The highest BCUT2D eigenvalue weighted by molar-refractivity contribution is 5.95. The van der Waals surface area contributed by atoms with Crippen LogP contribution in [0.15, 0.2) is 12.3 Å². The van der Waals surface area contributed by atoms with Crippen molar-refractivity contribution in [2.24, 2.45) is 23.7 Å². The Bertz CT molecular complexity index is 501. The highest BCUT2D eigenvalue weighted by Crippen LogP contribution is 2.23. The predicted octanol–water partition coefficient (Wildman–Crippen LogP) is 2.71. The van der Waals surface area contributed by atoms with Crippen LogP contribution in [0, 0.1) is 43.9 Å². The summed E-state index contributed by atoms with van der Waals surface area (Å²) >= 11 is 0. The number of nitro groups is 2. The summed E-state index contributed by atoms with van der Waals surface area (Å²) in [6.07, 6.45) is 3.71. The van der Waals surface area contributed by atoms with E-state index in [2.05, 4.69) is 9.47 Å². The third-order valence-electron chi connectivity index (χ3n) is 3.37. The maximum atomic E-state index is 11.6. The standard InChI is InChI=1S/C11H19NO6.C6H11NO2/c1-7(2)5-8(6-12(15)16)9(10(13)17-3)11(14)18-4;1-6(2)4-3-5-7(8)9/h7-9H,5-6H2,1-4H3;3,5-6H,4H2,1-2H3/b;5-3+. The van der Waals surface area contributed by atoms with Crippen molar-refractivity contribution in [2.75, 3.05) is 20.8 Å². The Hall–Kier alpha value is -2.52. The van der Waals surface area contributed by atoms with E-state index in [1.165, 1.54) is 0 Å². The van der Waals surface area contributed by atoms with Crippen LogP contribution in [0.2, 0.25) is 0 Å². The molecule has 156 valence electrons. The molecule has 0 aliphatic heterocycles. The third kappa shape index (κ3) is 14.3. The number of carbonyl (C=O) groups is 2. The lowest BCUT2D eigenvalue weighted by Crippen LogP contribution is -2.37. The van der Waals surface area contributed by atoms with Crippen molar-refractivity contribution in [1.82, 2.24) is 0 Å². The molecule has 0 amide bonds. The van der Waals surface area contributed by atoms with Gasteiger partial charge in [-0.1, -0.05) is 27.7 Å². The van der Waals surface area contributed by atoms with Crippen LogP contribution in [-0.2, 0) is 19.1 Å². The summed E-state index contributed by atoms with van der Waals surface area (Å²) in [7, 11) is 2.27. The fourth-order valence-corrected chi connectivity index (χ4v) is 2.27. The highest BCUT2D eigenvalue weighted by Gasteiger charge is 2.39. The van der Waals surface area contributed by atoms with Gasteiger partial charge in [0.15, 0.2) is 5.92 Å². The fraction of sp³-hybridized carbons (Fsp3) is 0.765. The maximum absolute atomic E-state index is 11.6. The Balaban J connectivity index is 0. The largest absolute Gasteiger partial charge is 0.468 e. The second kappa shape index (κ2) is 14.6. The molecule has 1 atom stereocenters. The van der Waals surface area contributed by atoms with Gasteiger partial charge >= 0.3 is 11.9 Å². The van der Waals surface area contributed by atoms with Gasteiger partial charge in [0.2, 0.25) is 12.7 Å². The van der Waals surface area contributed by atoms with Crippen molar-refractivity contribution < 1.29 is 28.9 Å². The molecule has 0 heterocycles. The molecule has 0 spiro atoms. The molecular weight excluding hydrogens is 360 g/mol. The van der Waals surface area contributed by atoms with E-state index in [0.717, 1.165) is 26.8 Å². The summed E-state index contributed by atoms with van der Waals surface area (Å²) in [6.45, 7) is 7.29. The number of methoxy groups -OCH3 is 2. The van der Waals surface area contributed by atoms with E-state index in [0.29, 0.717) is 12.3 Å². The molecule has 0 rings (SSSR count). The summed E-state index contributed by atoms with van der Waals surface area (Å²) in [5, 5.41) is 20.3. The van der Waals surface area contributed by atoms with Gasteiger partial charge < -0.3 is 9.47 Å². The van der Waals surface area contributed by atoms with Crippen LogP contribution in [0.5, 0.6) is 0 Å².